The first-order valence-electron chi connectivity index (χ1n) is 5.87. The summed E-state index contributed by atoms with van der Waals surface area (Å²) in [7, 11) is 0. The van der Waals surface area contributed by atoms with Gasteiger partial charge in [0.1, 0.15) is 5.60 Å². The second-order valence-corrected chi connectivity index (χ2v) is 4.78. The summed E-state index contributed by atoms with van der Waals surface area (Å²) in [5.41, 5.74) is 6.71. The van der Waals surface area contributed by atoms with E-state index in [1.54, 1.807) is 0 Å². The Morgan fingerprint density at radius 1 is 1.47 bits per heavy atom. The van der Waals surface area contributed by atoms with E-state index in [0.29, 0.717) is 18.8 Å². The minimum atomic E-state index is -0.404. The van der Waals surface area contributed by atoms with Crippen molar-refractivity contribution in [2.75, 3.05) is 13.2 Å². The molecular formula is C13H19NO3. The molecule has 0 fully saturated rings. The molecule has 2 rings (SSSR count). The van der Waals surface area contributed by atoms with Crippen LogP contribution in [0.2, 0.25) is 0 Å². The van der Waals surface area contributed by atoms with E-state index in [1.807, 2.05) is 32.0 Å². The van der Waals surface area contributed by atoms with Gasteiger partial charge in [-0.3, -0.25) is 0 Å². The number of para-hydroxylation sites is 1. The van der Waals surface area contributed by atoms with Gasteiger partial charge in [0.25, 0.3) is 0 Å². The van der Waals surface area contributed by atoms with Crippen molar-refractivity contribution in [1.82, 2.24) is 0 Å². The smallest absolute Gasteiger partial charge is 0.167 e. The predicted octanol–water partition coefficient (Wildman–Crippen LogP) is 1.62. The van der Waals surface area contributed by atoms with E-state index in [0.717, 1.165) is 11.3 Å². The van der Waals surface area contributed by atoms with Crippen LogP contribution in [0.15, 0.2) is 18.2 Å². The molecule has 4 nitrogen and oxygen atoms in total. The summed E-state index contributed by atoms with van der Waals surface area (Å²) in [5.74, 6) is 1.44. The lowest BCUT2D eigenvalue weighted by Crippen LogP contribution is -2.35. The average Bonchev–Trinajstić information content (AvgIpc) is 2.52. The summed E-state index contributed by atoms with van der Waals surface area (Å²) in [4.78, 5) is 0. The van der Waals surface area contributed by atoms with Crippen molar-refractivity contribution in [2.24, 2.45) is 5.73 Å². The molecule has 0 spiro atoms. The van der Waals surface area contributed by atoms with Crippen molar-refractivity contribution in [3.05, 3.63) is 23.8 Å². The van der Waals surface area contributed by atoms with Crippen LogP contribution in [0.4, 0.5) is 0 Å². The third-order valence-electron chi connectivity index (χ3n) is 3.02. The third kappa shape index (κ3) is 2.23. The monoisotopic (exact) mass is 237 g/mol. The fraction of sp³-hybridized carbons (Fsp3) is 0.538. The maximum Gasteiger partial charge on any atom is 0.167 e. The van der Waals surface area contributed by atoms with Crippen molar-refractivity contribution in [1.29, 1.82) is 0 Å². The Balaban J connectivity index is 2.22. The molecule has 0 unspecified atom stereocenters. The molecule has 0 aromatic heterocycles. The van der Waals surface area contributed by atoms with Gasteiger partial charge < -0.3 is 20.3 Å². The van der Waals surface area contributed by atoms with E-state index in [9.17, 15) is 0 Å². The van der Waals surface area contributed by atoms with Gasteiger partial charge in [-0.1, -0.05) is 12.1 Å². The van der Waals surface area contributed by atoms with Gasteiger partial charge >= 0.3 is 0 Å². The molecule has 1 aromatic rings. The highest BCUT2D eigenvalue weighted by Gasteiger charge is 2.40. The quantitative estimate of drug-likeness (QED) is 0.781. The molecule has 0 aliphatic carbocycles. The summed E-state index contributed by atoms with van der Waals surface area (Å²) < 4.78 is 11.4. The lowest BCUT2D eigenvalue weighted by atomic mass is 9.96. The van der Waals surface area contributed by atoms with Gasteiger partial charge in [-0.25, -0.2) is 0 Å². The largest absolute Gasteiger partial charge is 0.490 e. The third-order valence-corrected chi connectivity index (χ3v) is 3.02. The average molecular weight is 237 g/mol. The van der Waals surface area contributed by atoms with Crippen molar-refractivity contribution >= 4 is 0 Å². The molecule has 1 aromatic carbocycles. The van der Waals surface area contributed by atoms with Crippen LogP contribution in [-0.4, -0.2) is 23.9 Å². The molecule has 0 saturated carbocycles. The number of aliphatic hydroxyl groups is 1. The Labute approximate surface area is 101 Å². The van der Waals surface area contributed by atoms with Crippen LogP contribution >= 0.6 is 0 Å². The Morgan fingerprint density at radius 3 is 2.94 bits per heavy atom. The highest BCUT2D eigenvalue weighted by Crippen LogP contribution is 2.46. The minimum absolute atomic E-state index is 0.126. The SMILES string of the molecule is CC1(C)Oc2c(OCCCO)cccc2[C@@H]1N. The van der Waals surface area contributed by atoms with Crippen molar-refractivity contribution < 1.29 is 14.6 Å². The molecule has 1 aliphatic heterocycles. The summed E-state index contributed by atoms with van der Waals surface area (Å²) in [6.45, 7) is 4.54. The zero-order valence-corrected chi connectivity index (χ0v) is 10.3. The molecule has 3 N–H and O–H groups in total. The Bertz CT molecular complexity index is 404. The lowest BCUT2D eigenvalue weighted by Gasteiger charge is -2.22. The number of aliphatic hydroxyl groups excluding tert-OH is 1. The highest BCUT2D eigenvalue weighted by molar-refractivity contribution is 5.52. The van der Waals surface area contributed by atoms with Crippen LogP contribution in [0.3, 0.4) is 0 Å². The maximum atomic E-state index is 8.73. The molecule has 1 aliphatic rings. The zero-order valence-electron chi connectivity index (χ0n) is 10.3. The summed E-state index contributed by atoms with van der Waals surface area (Å²) >= 11 is 0. The van der Waals surface area contributed by atoms with Gasteiger partial charge in [-0.15, -0.1) is 0 Å². The standard InChI is InChI=1S/C13H19NO3/c1-13(2)12(14)9-5-3-6-10(11(9)17-13)16-8-4-7-15/h3,5-6,12,15H,4,7-8,14H2,1-2H3/t12-/m0/s1. The second-order valence-electron chi connectivity index (χ2n) is 4.78. The van der Waals surface area contributed by atoms with E-state index in [2.05, 4.69) is 0 Å². The van der Waals surface area contributed by atoms with Crippen LogP contribution < -0.4 is 15.2 Å². The maximum absolute atomic E-state index is 8.73. The van der Waals surface area contributed by atoms with Gasteiger partial charge in [0, 0.05) is 18.6 Å². The van der Waals surface area contributed by atoms with E-state index < -0.39 is 5.60 Å². The van der Waals surface area contributed by atoms with E-state index >= 15 is 0 Å². The molecular weight excluding hydrogens is 218 g/mol. The summed E-state index contributed by atoms with van der Waals surface area (Å²) in [5, 5.41) is 8.73. The number of hydrogen-bond donors (Lipinski definition) is 2. The van der Waals surface area contributed by atoms with Crippen LogP contribution in [0.25, 0.3) is 0 Å². The fourth-order valence-corrected chi connectivity index (χ4v) is 1.95. The predicted molar refractivity (Wildman–Crippen MR) is 65.3 cm³/mol. The molecule has 0 amide bonds. The van der Waals surface area contributed by atoms with Gasteiger partial charge in [0.2, 0.25) is 0 Å². The molecule has 0 bridgehead atoms. The molecule has 94 valence electrons. The van der Waals surface area contributed by atoms with E-state index in [1.165, 1.54) is 0 Å². The first kappa shape index (κ1) is 12.2. The number of hydrogen-bond acceptors (Lipinski definition) is 4. The Hall–Kier alpha value is -1.26. The first-order chi connectivity index (χ1) is 8.06. The Kier molecular flexibility index (Phi) is 3.26. The van der Waals surface area contributed by atoms with Crippen molar-refractivity contribution in [2.45, 2.75) is 31.9 Å². The molecule has 1 atom stereocenters. The van der Waals surface area contributed by atoms with E-state index in [4.69, 9.17) is 20.3 Å². The number of rotatable bonds is 4. The number of benzene rings is 1. The summed E-state index contributed by atoms with van der Waals surface area (Å²) in [6, 6.07) is 5.61. The number of ether oxygens (including phenoxy) is 2. The highest BCUT2D eigenvalue weighted by atomic mass is 16.5. The van der Waals surface area contributed by atoms with Gasteiger partial charge in [0.05, 0.1) is 12.6 Å². The molecule has 4 heteroatoms. The second kappa shape index (κ2) is 4.55. The first-order valence-corrected chi connectivity index (χ1v) is 5.87. The summed E-state index contributed by atoms with van der Waals surface area (Å²) in [6.07, 6.45) is 0.610. The van der Waals surface area contributed by atoms with Crippen molar-refractivity contribution in [3.8, 4) is 11.5 Å². The Morgan fingerprint density at radius 2 is 2.24 bits per heavy atom. The minimum Gasteiger partial charge on any atom is -0.490 e. The molecule has 0 saturated heterocycles. The van der Waals surface area contributed by atoms with E-state index in [-0.39, 0.29) is 12.6 Å². The molecule has 17 heavy (non-hydrogen) atoms. The lowest BCUT2D eigenvalue weighted by molar-refractivity contribution is 0.106. The van der Waals surface area contributed by atoms with Crippen LogP contribution in [0, 0.1) is 0 Å². The molecule has 0 radical (unpaired) electrons. The van der Waals surface area contributed by atoms with Crippen LogP contribution in [0.1, 0.15) is 31.9 Å². The van der Waals surface area contributed by atoms with Gasteiger partial charge in [-0.2, -0.15) is 0 Å². The fourth-order valence-electron chi connectivity index (χ4n) is 1.95. The number of fused-ring (bicyclic) bond motifs is 1. The van der Waals surface area contributed by atoms with Crippen LogP contribution in [0.5, 0.6) is 11.5 Å². The van der Waals surface area contributed by atoms with Gasteiger partial charge in [-0.05, 0) is 19.9 Å². The van der Waals surface area contributed by atoms with Crippen LogP contribution in [-0.2, 0) is 0 Å². The normalized spacial score (nSPS) is 20.8. The van der Waals surface area contributed by atoms with Gasteiger partial charge in [0.15, 0.2) is 11.5 Å². The molecule has 1 heterocycles. The zero-order chi connectivity index (χ0) is 12.5. The topological polar surface area (TPSA) is 64.7 Å². The number of nitrogens with two attached hydrogens (primary N) is 1. The van der Waals surface area contributed by atoms with Crippen molar-refractivity contribution in [3.63, 3.8) is 0 Å².